The molecule has 136 valence electrons. The van der Waals surface area contributed by atoms with Crippen LogP contribution in [0.2, 0.25) is 0 Å². The molecule has 1 aliphatic carbocycles. The maximum absolute atomic E-state index is 12.7. The number of carbonyl (C=O) groups is 2. The molecule has 5 nitrogen and oxygen atoms in total. The summed E-state index contributed by atoms with van der Waals surface area (Å²) >= 11 is 3.42. The van der Waals surface area contributed by atoms with E-state index >= 15 is 0 Å². The van der Waals surface area contributed by atoms with E-state index in [1.54, 1.807) is 7.05 Å². The van der Waals surface area contributed by atoms with Gasteiger partial charge in [0.1, 0.15) is 0 Å². The topological polar surface area (TPSA) is 52.7 Å². The minimum absolute atomic E-state index is 0.0457. The number of amides is 2. The highest BCUT2D eigenvalue weighted by molar-refractivity contribution is 9.10. The zero-order valence-electron chi connectivity index (χ0n) is 14.7. The summed E-state index contributed by atoms with van der Waals surface area (Å²) in [5.74, 6) is 0.643. The molecule has 6 heteroatoms. The van der Waals surface area contributed by atoms with Crippen LogP contribution in [0.3, 0.4) is 0 Å². The number of likely N-dealkylation sites (N-methyl/N-ethyl adjacent to an activating group) is 1. The van der Waals surface area contributed by atoms with E-state index in [0.717, 1.165) is 30.4 Å². The van der Waals surface area contributed by atoms with Crippen molar-refractivity contribution in [3.05, 3.63) is 34.3 Å². The van der Waals surface area contributed by atoms with Gasteiger partial charge < -0.3 is 10.2 Å². The Kier molecular flexibility index (Phi) is 6.12. The molecule has 1 aliphatic heterocycles. The fraction of sp³-hybridized carbons (Fsp3) is 0.579. The molecule has 1 aromatic carbocycles. The third kappa shape index (κ3) is 4.23. The van der Waals surface area contributed by atoms with Gasteiger partial charge in [-0.25, -0.2) is 0 Å². The fourth-order valence-electron chi connectivity index (χ4n) is 4.11. The van der Waals surface area contributed by atoms with Crippen molar-refractivity contribution >= 4 is 27.7 Å². The second-order valence-electron chi connectivity index (χ2n) is 6.94. The van der Waals surface area contributed by atoms with Gasteiger partial charge >= 0.3 is 0 Å². The summed E-state index contributed by atoms with van der Waals surface area (Å²) in [4.78, 5) is 29.3. The molecule has 2 aliphatic rings. The number of hydrogen-bond donors (Lipinski definition) is 1. The van der Waals surface area contributed by atoms with Gasteiger partial charge in [0.2, 0.25) is 5.91 Å². The molecule has 0 aromatic heterocycles. The van der Waals surface area contributed by atoms with Crippen molar-refractivity contribution in [2.75, 3.05) is 33.2 Å². The molecule has 1 N–H and O–H groups in total. The van der Waals surface area contributed by atoms with Gasteiger partial charge in [0.05, 0.1) is 6.04 Å². The Hall–Kier alpha value is -1.40. The Bertz CT molecular complexity index is 623. The van der Waals surface area contributed by atoms with Crippen LogP contribution in [0.25, 0.3) is 0 Å². The van der Waals surface area contributed by atoms with Crippen molar-refractivity contribution in [3.63, 3.8) is 0 Å². The molecule has 2 fully saturated rings. The molecular weight excluding hydrogens is 382 g/mol. The van der Waals surface area contributed by atoms with E-state index in [1.165, 1.54) is 12.8 Å². The molecular formula is C19H26BrN3O2. The van der Waals surface area contributed by atoms with Crippen molar-refractivity contribution in [1.29, 1.82) is 0 Å². The van der Waals surface area contributed by atoms with Crippen LogP contribution in [0, 0.1) is 5.92 Å². The highest BCUT2D eigenvalue weighted by Gasteiger charge is 2.36. The third-order valence-electron chi connectivity index (χ3n) is 5.43. The first-order valence-electron chi connectivity index (χ1n) is 9.10. The van der Waals surface area contributed by atoms with E-state index in [9.17, 15) is 9.59 Å². The van der Waals surface area contributed by atoms with Crippen LogP contribution >= 0.6 is 15.9 Å². The molecule has 3 rings (SSSR count). The Balaban J connectivity index is 1.63. The number of nitrogens with zero attached hydrogens (tertiary/aromatic N) is 2. The number of rotatable bonds is 4. The summed E-state index contributed by atoms with van der Waals surface area (Å²) < 4.78 is 0.915. The summed E-state index contributed by atoms with van der Waals surface area (Å²) in [6.45, 7) is 2.86. The van der Waals surface area contributed by atoms with Gasteiger partial charge in [0, 0.05) is 43.3 Å². The van der Waals surface area contributed by atoms with Gasteiger partial charge in [0.25, 0.3) is 5.91 Å². The molecule has 2 amide bonds. The molecule has 1 atom stereocenters. The largest absolute Gasteiger partial charge is 0.358 e. The predicted octanol–water partition coefficient (Wildman–Crippen LogP) is 2.51. The summed E-state index contributed by atoms with van der Waals surface area (Å²) in [5.41, 5.74) is 0.710. The first-order chi connectivity index (χ1) is 12.1. The lowest BCUT2D eigenvalue weighted by Gasteiger charge is -2.40. The number of carbonyl (C=O) groups excluding carboxylic acids is 2. The van der Waals surface area contributed by atoms with Crippen LogP contribution in [-0.2, 0) is 4.79 Å². The van der Waals surface area contributed by atoms with E-state index in [2.05, 4.69) is 26.1 Å². The average Bonchev–Trinajstić information content (AvgIpc) is 3.16. The monoisotopic (exact) mass is 407 g/mol. The second-order valence-corrected chi connectivity index (χ2v) is 7.86. The maximum Gasteiger partial charge on any atom is 0.253 e. The van der Waals surface area contributed by atoms with Gasteiger partial charge in [-0.3, -0.25) is 14.5 Å². The quantitative estimate of drug-likeness (QED) is 0.833. The van der Waals surface area contributed by atoms with E-state index < -0.39 is 0 Å². The number of nitrogens with one attached hydrogen (secondary N) is 1. The summed E-state index contributed by atoms with van der Waals surface area (Å²) in [6.07, 6.45) is 4.71. The summed E-state index contributed by atoms with van der Waals surface area (Å²) in [5, 5.41) is 2.84. The number of hydrogen-bond acceptors (Lipinski definition) is 3. The Labute approximate surface area is 157 Å². The number of benzene rings is 1. The highest BCUT2D eigenvalue weighted by atomic mass is 79.9. The van der Waals surface area contributed by atoms with E-state index in [4.69, 9.17) is 0 Å². The van der Waals surface area contributed by atoms with Crippen molar-refractivity contribution < 1.29 is 9.59 Å². The molecule has 0 bridgehead atoms. The molecule has 0 spiro atoms. The SMILES string of the molecule is CNC(=O)C(C1CCCC1)N1CCN(C(=O)c2cccc(Br)c2)CC1. The van der Waals surface area contributed by atoms with Gasteiger partial charge in [-0.1, -0.05) is 34.8 Å². The number of piperazine rings is 1. The Morgan fingerprint density at radius 2 is 1.84 bits per heavy atom. The second kappa shape index (κ2) is 8.32. The Morgan fingerprint density at radius 3 is 2.44 bits per heavy atom. The zero-order valence-corrected chi connectivity index (χ0v) is 16.3. The first kappa shape index (κ1) is 18.4. The highest BCUT2D eigenvalue weighted by Crippen LogP contribution is 2.31. The van der Waals surface area contributed by atoms with Crippen LogP contribution in [0.15, 0.2) is 28.7 Å². The van der Waals surface area contributed by atoms with Crippen molar-refractivity contribution in [1.82, 2.24) is 15.1 Å². The molecule has 0 radical (unpaired) electrons. The summed E-state index contributed by atoms with van der Waals surface area (Å²) in [7, 11) is 1.72. The number of halogens is 1. The predicted molar refractivity (Wildman–Crippen MR) is 101 cm³/mol. The van der Waals surface area contributed by atoms with Crippen LogP contribution in [0.1, 0.15) is 36.0 Å². The molecule has 1 aromatic rings. The van der Waals surface area contributed by atoms with Gasteiger partial charge in [-0.05, 0) is 37.0 Å². The van der Waals surface area contributed by atoms with Crippen molar-refractivity contribution in [2.45, 2.75) is 31.7 Å². The Morgan fingerprint density at radius 1 is 1.16 bits per heavy atom. The normalized spacial score (nSPS) is 20.5. The smallest absolute Gasteiger partial charge is 0.253 e. The van der Waals surface area contributed by atoms with Gasteiger partial charge in [0.15, 0.2) is 0 Å². The lowest BCUT2D eigenvalue weighted by atomic mass is 9.95. The minimum atomic E-state index is -0.0457. The van der Waals surface area contributed by atoms with Crippen LogP contribution in [0.4, 0.5) is 0 Å². The van der Waals surface area contributed by atoms with E-state index in [1.807, 2.05) is 29.2 Å². The average molecular weight is 408 g/mol. The third-order valence-corrected chi connectivity index (χ3v) is 5.92. The maximum atomic E-state index is 12.7. The lowest BCUT2D eigenvalue weighted by Crippen LogP contribution is -2.57. The zero-order chi connectivity index (χ0) is 17.8. The standard InChI is InChI=1S/C19H26BrN3O2/c1-21-18(24)17(14-5-2-3-6-14)22-9-11-23(12-10-22)19(25)15-7-4-8-16(20)13-15/h4,7-8,13-14,17H,2-3,5-6,9-12H2,1H3,(H,21,24). The van der Waals surface area contributed by atoms with Crippen molar-refractivity contribution in [3.8, 4) is 0 Å². The lowest BCUT2D eigenvalue weighted by molar-refractivity contribution is -0.128. The fourth-order valence-corrected chi connectivity index (χ4v) is 4.51. The van der Waals surface area contributed by atoms with Crippen LogP contribution < -0.4 is 5.32 Å². The minimum Gasteiger partial charge on any atom is -0.358 e. The van der Waals surface area contributed by atoms with Crippen molar-refractivity contribution in [2.24, 2.45) is 5.92 Å². The van der Waals surface area contributed by atoms with E-state index in [-0.39, 0.29) is 17.9 Å². The molecule has 1 heterocycles. The summed E-state index contributed by atoms with van der Waals surface area (Å²) in [6, 6.07) is 7.47. The van der Waals surface area contributed by atoms with Crippen LogP contribution in [-0.4, -0.2) is 60.9 Å². The van der Waals surface area contributed by atoms with Gasteiger partial charge in [-0.2, -0.15) is 0 Å². The van der Waals surface area contributed by atoms with Crippen LogP contribution in [0.5, 0.6) is 0 Å². The van der Waals surface area contributed by atoms with Gasteiger partial charge in [-0.15, -0.1) is 0 Å². The molecule has 1 unspecified atom stereocenters. The molecule has 1 saturated carbocycles. The molecule has 25 heavy (non-hydrogen) atoms. The molecule has 1 saturated heterocycles. The first-order valence-corrected chi connectivity index (χ1v) is 9.90. The van der Waals surface area contributed by atoms with E-state index in [0.29, 0.717) is 24.6 Å².